The van der Waals surface area contributed by atoms with Gasteiger partial charge in [-0.2, -0.15) is 0 Å². The quantitative estimate of drug-likeness (QED) is 0.840. The topological polar surface area (TPSA) is 67.2 Å². The molecule has 0 saturated carbocycles. The first-order valence-corrected chi connectivity index (χ1v) is 6.30. The molecule has 0 radical (unpaired) electrons. The van der Waals surface area contributed by atoms with Crippen molar-refractivity contribution < 1.29 is 13.6 Å². The molecular weight excluding hydrogens is 261 g/mol. The van der Waals surface area contributed by atoms with Crippen LogP contribution >= 0.6 is 0 Å². The van der Waals surface area contributed by atoms with Gasteiger partial charge in [-0.15, -0.1) is 0 Å². The van der Waals surface area contributed by atoms with Crippen molar-refractivity contribution in [1.82, 2.24) is 15.6 Å². The van der Waals surface area contributed by atoms with Gasteiger partial charge in [-0.1, -0.05) is 12.1 Å². The summed E-state index contributed by atoms with van der Waals surface area (Å²) >= 11 is 0. The summed E-state index contributed by atoms with van der Waals surface area (Å²) in [6, 6.07) is 6.20. The zero-order valence-electron chi connectivity index (χ0n) is 11.1. The van der Waals surface area contributed by atoms with E-state index in [9.17, 15) is 9.18 Å². The maximum Gasteiger partial charge on any atom is 0.273 e. The van der Waals surface area contributed by atoms with Gasteiger partial charge in [0.25, 0.3) is 5.91 Å². The van der Waals surface area contributed by atoms with Crippen molar-refractivity contribution >= 4 is 5.91 Å². The van der Waals surface area contributed by atoms with Crippen LogP contribution in [0.2, 0.25) is 0 Å². The standard InChI is InChI=1S/C14H16FN3O2/c1-16-8-13-18-12(9-20-13)14(19)17-7-6-10-2-4-11(15)5-3-10/h2-5,9,16H,6-8H2,1H3,(H,17,19). The fourth-order valence-electron chi connectivity index (χ4n) is 1.71. The molecule has 0 aliphatic rings. The van der Waals surface area contributed by atoms with Crippen molar-refractivity contribution in [2.24, 2.45) is 0 Å². The van der Waals surface area contributed by atoms with E-state index in [0.717, 1.165) is 5.56 Å². The maximum atomic E-state index is 12.7. The van der Waals surface area contributed by atoms with Crippen LogP contribution < -0.4 is 10.6 Å². The van der Waals surface area contributed by atoms with Crippen molar-refractivity contribution in [1.29, 1.82) is 0 Å². The lowest BCUT2D eigenvalue weighted by atomic mass is 10.1. The lowest BCUT2D eigenvalue weighted by molar-refractivity contribution is 0.0949. The molecule has 6 heteroatoms. The first-order chi connectivity index (χ1) is 9.69. The van der Waals surface area contributed by atoms with Crippen LogP contribution in [0.25, 0.3) is 0 Å². The van der Waals surface area contributed by atoms with E-state index in [1.807, 2.05) is 0 Å². The average molecular weight is 277 g/mol. The molecule has 0 fully saturated rings. The molecule has 0 spiro atoms. The molecule has 5 nitrogen and oxygen atoms in total. The Morgan fingerprint density at radius 3 is 2.80 bits per heavy atom. The number of carbonyl (C=O) groups excluding carboxylic acids is 1. The minimum Gasteiger partial charge on any atom is -0.447 e. The zero-order chi connectivity index (χ0) is 14.4. The molecule has 20 heavy (non-hydrogen) atoms. The molecule has 2 N–H and O–H groups in total. The number of hydrogen-bond acceptors (Lipinski definition) is 4. The van der Waals surface area contributed by atoms with E-state index in [4.69, 9.17) is 4.42 Å². The molecule has 1 aromatic heterocycles. The lowest BCUT2D eigenvalue weighted by Gasteiger charge is -2.03. The second-order valence-electron chi connectivity index (χ2n) is 4.29. The summed E-state index contributed by atoms with van der Waals surface area (Å²) in [4.78, 5) is 15.8. The van der Waals surface area contributed by atoms with Crippen molar-refractivity contribution in [3.63, 3.8) is 0 Å². The largest absolute Gasteiger partial charge is 0.447 e. The number of rotatable bonds is 6. The van der Waals surface area contributed by atoms with Crippen LogP contribution in [-0.4, -0.2) is 24.5 Å². The highest BCUT2D eigenvalue weighted by Gasteiger charge is 2.11. The van der Waals surface area contributed by atoms with Crippen LogP contribution in [0.5, 0.6) is 0 Å². The van der Waals surface area contributed by atoms with Crippen molar-refractivity contribution in [3.05, 3.63) is 53.5 Å². The number of halogens is 1. The minimum absolute atomic E-state index is 0.259. The molecule has 1 heterocycles. The van der Waals surface area contributed by atoms with Crippen LogP contribution in [-0.2, 0) is 13.0 Å². The van der Waals surface area contributed by atoms with E-state index >= 15 is 0 Å². The Morgan fingerprint density at radius 1 is 1.35 bits per heavy atom. The Bertz CT molecular complexity index is 566. The number of benzene rings is 1. The molecule has 0 aliphatic heterocycles. The monoisotopic (exact) mass is 277 g/mol. The van der Waals surface area contributed by atoms with Crippen molar-refractivity contribution in [2.45, 2.75) is 13.0 Å². The second kappa shape index (κ2) is 6.81. The Balaban J connectivity index is 1.81. The van der Waals surface area contributed by atoms with Gasteiger partial charge >= 0.3 is 0 Å². The van der Waals surface area contributed by atoms with Crippen LogP contribution in [0.4, 0.5) is 4.39 Å². The van der Waals surface area contributed by atoms with Crippen molar-refractivity contribution in [3.8, 4) is 0 Å². The molecule has 106 valence electrons. The molecule has 2 rings (SSSR count). The molecular formula is C14H16FN3O2. The highest BCUT2D eigenvalue weighted by molar-refractivity contribution is 5.91. The minimum atomic E-state index is -0.279. The number of amides is 1. The molecule has 0 saturated heterocycles. The summed E-state index contributed by atoms with van der Waals surface area (Å²) in [5, 5.41) is 5.63. The van der Waals surface area contributed by atoms with Crippen molar-refractivity contribution in [2.75, 3.05) is 13.6 Å². The summed E-state index contributed by atoms with van der Waals surface area (Å²) < 4.78 is 17.9. The number of aromatic nitrogens is 1. The molecule has 1 aromatic carbocycles. The van der Waals surface area contributed by atoms with Gasteiger partial charge < -0.3 is 15.1 Å². The van der Waals surface area contributed by atoms with Gasteiger partial charge in [0.1, 0.15) is 12.1 Å². The first-order valence-electron chi connectivity index (χ1n) is 6.30. The van der Waals surface area contributed by atoms with Crippen LogP contribution in [0.3, 0.4) is 0 Å². The maximum absolute atomic E-state index is 12.7. The summed E-state index contributed by atoms with van der Waals surface area (Å²) in [7, 11) is 1.77. The normalized spacial score (nSPS) is 10.5. The van der Waals surface area contributed by atoms with Gasteiger partial charge in [0.15, 0.2) is 5.69 Å². The Morgan fingerprint density at radius 2 is 2.10 bits per heavy atom. The van der Waals surface area contributed by atoms with E-state index in [2.05, 4.69) is 15.6 Å². The molecule has 0 atom stereocenters. The number of nitrogens with zero attached hydrogens (tertiary/aromatic N) is 1. The van der Waals surface area contributed by atoms with Gasteiger partial charge in [0, 0.05) is 6.54 Å². The van der Waals surface area contributed by atoms with E-state index in [-0.39, 0.29) is 17.4 Å². The third-order valence-electron chi connectivity index (χ3n) is 2.72. The lowest BCUT2D eigenvalue weighted by Crippen LogP contribution is -2.26. The number of carbonyl (C=O) groups is 1. The van der Waals surface area contributed by atoms with Crippen LogP contribution in [0.1, 0.15) is 21.9 Å². The predicted octanol–water partition coefficient (Wildman–Crippen LogP) is 1.51. The fourth-order valence-corrected chi connectivity index (χ4v) is 1.71. The molecule has 0 bridgehead atoms. The van der Waals surface area contributed by atoms with Gasteiger partial charge in [-0.25, -0.2) is 9.37 Å². The average Bonchev–Trinajstić information content (AvgIpc) is 2.90. The van der Waals surface area contributed by atoms with E-state index in [0.29, 0.717) is 25.4 Å². The van der Waals surface area contributed by atoms with E-state index in [1.54, 1.807) is 19.2 Å². The fraction of sp³-hybridized carbons (Fsp3) is 0.286. The van der Waals surface area contributed by atoms with Crippen LogP contribution in [0, 0.1) is 5.82 Å². The third kappa shape index (κ3) is 3.89. The highest BCUT2D eigenvalue weighted by atomic mass is 19.1. The zero-order valence-corrected chi connectivity index (χ0v) is 11.1. The summed E-state index contributed by atoms with van der Waals surface area (Å²) in [6.07, 6.45) is 1.97. The smallest absolute Gasteiger partial charge is 0.273 e. The number of nitrogens with one attached hydrogen (secondary N) is 2. The third-order valence-corrected chi connectivity index (χ3v) is 2.72. The van der Waals surface area contributed by atoms with Gasteiger partial charge in [-0.3, -0.25) is 4.79 Å². The Hall–Kier alpha value is -2.21. The second-order valence-corrected chi connectivity index (χ2v) is 4.29. The summed E-state index contributed by atoms with van der Waals surface area (Å²) in [6.45, 7) is 0.932. The summed E-state index contributed by atoms with van der Waals surface area (Å²) in [5.74, 6) is -0.0770. The van der Waals surface area contributed by atoms with Gasteiger partial charge in [0.2, 0.25) is 5.89 Å². The van der Waals surface area contributed by atoms with Crippen LogP contribution in [0.15, 0.2) is 34.9 Å². The SMILES string of the molecule is CNCc1nc(C(=O)NCCc2ccc(F)cc2)co1. The number of oxazole rings is 1. The molecule has 2 aromatic rings. The van der Waals surface area contributed by atoms with Gasteiger partial charge in [-0.05, 0) is 31.2 Å². The van der Waals surface area contributed by atoms with Gasteiger partial charge in [0.05, 0.1) is 6.54 Å². The number of hydrogen-bond donors (Lipinski definition) is 2. The molecule has 0 unspecified atom stereocenters. The summed E-state index contributed by atoms with van der Waals surface area (Å²) in [5.41, 5.74) is 1.22. The van der Waals surface area contributed by atoms with E-state index in [1.165, 1.54) is 18.4 Å². The highest BCUT2D eigenvalue weighted by Crippen LogP contribution is 2.04. The molecule has 1 amide bonds. The van der Waals surface area contributed by atoms with E-state index < -0.39 is 0 Å². The first kappa shape index (κ1) is 14.2. The Labute approximate surface area is 116 Å². The predicted molar refractivity (Wildman–Crippen MR) is 71.7 cm³/mol. The molecule has 0 aliphatic carbocycles. The Kier molecular flexibility index (Phi) is 4.84.